The van der Waals surface area contributed by atoms with Gasteiger partial charge in [0.15, 0.2) is 5.82 Å². The molecule has 176 valence electrons. The Hall–Kier alpha value is -3.79. The van der Waals surface area contributed by atoms with Gasteiger partial charge in [-0.1, -0.05) is 12.1 Å². The molecule has 1 aromatic carbocycles. The zero-order valence-electron chi connectivity index (χ0n) is 18.8. The van der Waals surface area contributed by atoms with Crippen molar-refractivity contribution in [2.24, 2.45) is 7.05 Å². The number of halogens is 1. The number of hydrogen-bond donors (Lipinski definition) is 1. The van der Waals surface area contributed by atoms with Crippen LogP contribution in [0.2, 0.25) is 0 Å². The lowest BCUT2D eigenvalue weighted by atomic mass is 10.1. The summed E-state index contributed by atoms with van der Waals surface area (Å²) in [5, 5.41) is 2.86. The highest BCUT2D eigenvalue weighted by Gasteiger charge is 2.26. The molecule has 1 N–H and O–H groups in total. The van der Waals surface area contributed by atoms with E-state index < -0.39 is 5.82 Å². The van der Waals surface area contributed by atoms with E-state index in [0.29, 0.717) is 38.7 Å². The number of carbonyl (C=O) groups is 1. The van der Waals surface area contributed by atoms with Crippen LogP contribution in [0.1, 0.15) is 18.1 Å². The van der Waals surface area contributed by atoms with Gasteiger partial charge in [-0.2, -0.15) is 0 Å². The lowest BCUT2D eigenvalue weighted by Crippen LogP contribution is -2.46. The maximum absolute atomic E-state index is 14.3. The van der Waals surface area contributed by atoms with Crippen LogP contribution in [0.5, 0.6) is 0 Å². The first kappa shape index (κ1) is 22.0. The molecule has 34 heavy (non-hydrogen) atoms. The van der Waals surface area contributed by atoms with Gasteiger partial charge in [0.05, 0.1) is 25.0 Å². The molecular formula is C24H25FN6O3. The van der Waals surface area contributed by atoms with E-state index >= 15 is 0 Å². The highest BCUT2D eigenvalue weighted by atomic mass is 19.1. The number of urea groups is 1. The van der Waals surface area contributed by atoms with Crippen molar-refractivity contribution in [3.8, 4) is 11.3 Å². The average molecular weight is 465 g/mol. The van der Waals surface area contributed by atoms with Gasteiger partial charge in [-0.3, -0.25) is 19.2 Å². The van der Waals surface area contributed by atoms with Crippen molar-refractivity contribution in [2.75, 3.05) is 42.6 Å². The Morgan fingerprint density at radius 3 is 2.74 bits per heavy atom. The van der Waals surface area contributed by atoms with Crippen LogP contribution in [0.25, 0.3) is 11.3 Å². The van der Waals surface area contributed by atoms with Crippen LogP contribution >= 0.6 is 0 Å². The Balaban J connectivity index is 1.39. The van der Waals surface area contributed by atoms with E-state index in [-0.39, 0.29) is 29.0 Å². The molecule has 9 nitrogen and oxygen atoms in total. The SMILES string of the molecule is Cn1c(N2CCO[C@@H](c3ccc(N4CCCNC4=O)cc3)C2)nc(-c2ccncc2F)cc1=O. The van der Waals surface area contributed by atoms with Crippen LogP contribution in [0.15, 0.2) is 53.6 Å². The van der Waals surface area contributed by atoms with Gasteiger partial charge in [-0.05, 0) is 30.2 Å². The standard InChI is InChI=1S/C24H25FN6O3/c1-29-22(32)13-20(18-7-9-26-14-19(18)25)28-23(29)30-11-12-34-21(15-30)16-3-5-17(6-4-16)31-10-2-8-27-24(31)33/h3-7,9,13-14,21H,2,8,10-12,15H2,1H3,(H,27,33)/t21-/m1/s1. The molecule has 5 rings (SSSR count). The van der Waals surface area contributed by atoms with Gasteiger partial charge in [0, 0.05) is 50.2 Å². The number of rotatable bonds is 4. The number of morpholine rings is 1. The molecule has 0 spiro atoms. The second-order valence-corrected chi connectivity index (χ2v) is 8.33. The van der Waals surface area contributed by atoms with Gasteiger partial charge < -0.3 is 15.0 Å². The molecular weight excluding hydrogens is 439 g/mol. The molecule has 4 heterocycles. The van der Waals surface area contributed by atoms with E-state index in [2.05, 4.69) is 15.3 Å². The van der Waals surface area contributed by atoms with Crippen LogP contribution in [0, 0.1) is 5.82 Å². The van der Waals surface area contributed by atoms with E-state index in [1.165, 1.54) is 22.9 Å². The van der Waals surface area contributed by atoms with E-state index in [1.54, 1.807) is 11.9 Å². The van der Waals surface area contributed by atoms with Crippen molar-refractivity contribution in [1.29, 1.82) is 0 Å². The third kappa shape index (κ3) is 4.24. The zero-order valence-corrected chi connectivity index (χ0v) is 18.8. The van der Waals surface area contributed by atoms with Gasteiger partial charge in [0.2, 0.25) is 5.95 Å². The van der Waals surface area contributed by atoms with Crippen LogP contribution in [0.4, 0.5) is 20.8 Å². The average Bonchev–Trinajstić information content (AvgIpc) is 2.86. The van der Waals surface area contributed by atoms with Crippen molar-refractivity contribution < 1.29 is 13.9 Å². The Labute approximate surface area is 195 Å². The predicted molar refractivity (Wildman–Crippen MR) is 125 cm³/mol. The Morgan fingerprint density at radius 2 is 1.97 bits per heavy atom. The molecule has 2 fully saturated rings. The Bertz CT molecular complexity index is 1260. The largest absolute Gasteiger partial charge is 0.370 e. The molecule has 0 saturated carbocycles. The fraction of sp³-hybridized carbons (Fsp3) is 0.333. The topological polar surface area (TPSA) is 92.6 Å². The minimum absolute atomic E-state index is 0.0865. The molecule has 2 aromatic heterocycles. The number of ether oxygens (including phenoxy) is 1. The summed E-state index contributed by atoms with van der Waals surface area (Å²) in [7, 11) is 1.65. The number of carbonyl (C=O) groups excluding carboxylic acids is 1. The highest BCUT2D eigenvalue weighted by Crippen LogP contribution is 2.28. The minimum Gasteiger partial charge on any atom is -0.370 e. The van der Waals surface area contributed by atoms with Gasteiger partial charge >= 0.3 is 6.03 Å². The lowest BCUT2D eigenvalue weighted by Gasteiger charge is -2.35. The van der Waals surface area contributed by atoms with Crippen molar-refractivity contribution >= 4 is 17.7 Å². The number of pyridine rings is 1. The molecule has 0 unspecified atom stereocenters. The normalized spacial score (nSPS) is 18.6. The number of benzene rings is 1. The first-order valence-corrected chi connectivity index (χ1v) is 11.2. The summed E-state index contributed by atoms with van der Waals surface area (Å²) >= 11 is 0. The molecule has 0 bridgehead atoms. The number of aromatic nitrogens is 3. The first-order valence-electron chi connectivity index (χ1n) is 11.2. The molecule has 0 aliphatic carbocycles. The van der Waals surface area contributed by atoms with Crippen molar-refractivity contribution in [3.63, 3.8) is 0 Å². The highest BCUT2D eigenvalue weighted by molar-refractivity contribution is 5.92. The Morgan fingerprint density at radius 1 is 1.15 bits per heavy atom. The predicted octanol–water partition coefficient (Wildman–Crippen LogP) is 2.48. The maximum atomic E-state index is 14.3. The van der Waals surface area contributed by atoms with Crippen LogP contribution in [-0.4, -0.2) is 53.4 Å². The quantitative estimate of drug-likeness (QED) is 0.638. The summed E-state index contributed by atoms with van der Waals surface area (Å²) in [6, 6.07) is 10.5. The molecule has 2 aliphatic heterocycles. The number of nitrogens with zero attached hydrogens (tertiary/aromatic N) is 5. The van der Waals surface area contributed by atoms with Crippen molar-refractivity contribution in [3.05, 3.63) is 70.5 Å². The summed E-state index contributed by atoms with van der Waals surface area (Å²) in [5.74, 6) is -0.0786. The molecule has 2 amide bonds. The number of anilines is 2. The smallest absolute Gasteiger partial charge is 0.321 e. The van der Waals surface area contributed by atoms with E-state index in [4.69, 9.17) is 4.74 Å². The van der Waals surface area contributed by atoms with Crippen LogP contribution in [0.3, 0.4) is 0 Å². The molecule has 10 heteroatoms. The number of hydrogen-bond acceptors (Lipinski definition) is 6. The van der Waals surface area contributed by atoms with Crippen molar-refractivity contribution in [1.82, 2.24) is 19.9 Å². The zero-order chi connectivity index (χ0) is 23.7. The van der Waals surface area contributed by atoms with Gasteiger partial charge in [0.25, 0.3) is 5.56 Å². The van der Waals surface area contributed by atoms with Crippen molar-refractivity contribution in [2.45, 2.75) is 12.5 Å². The maximum Gasteiger partial charge on any atom is 0.321 e. The Kier molecular flexibility index (Phi) is 5.97. The third-order valence-corrected chi connectivity index (χ3v) is 6.17. The summed E-state index contributed by atoms with van der Waals surface area (Å²) in [5.41, 5.74) is 2.03. The molecule has 3 aromatic rings. The summed E-state index contributed by atoms with van der Waals surface area (Å²) in [4.78, 5) is 36.8. The molecule has 0 radical (unpaired) electrons. The van der Waals surface area contributed by atoms with Gasteiger partial charge in [-0.15, -0.1) is 0 Å². The van der Waals surface area contributed by atoms with Gasteiger partial charge in [0.1, 0.15) is 6.10 Å². The summed E-state index contributed by atoms with van der Waals surface area (Å²) in [6.07, 6.45) is 3.24. The fourth-order valence-electron chi connectivity index (χ4n) is 4.31. The first-order chi connectivity index (χ1) is 16.5. The number of nitrogens with one attached hydrogen (secondary N) is 1. The number of amides is 2. The molecule has 1 atom stereocenters. The molecule has 2 saturated heterocycles. The fourth-order valence-corrected chi connectivity index (χ4v) is 4.31. The third-order valence-electron chi connectivity index (χ3n) is 6.17. The second kappa shape index (κ2) is 9.22. The summed E-state index contributed by atoms with van der Waals surface area (Å²) < 4.78 is 21.8. The van der Waals surface area contributed by atoms with E-state index in [9.17, 15) is 14.0 Å². The van der Waals surface area contributed by atoms with Crippen LogP contribution in [-0.2, 0) is 11.8 Å². The van der Waals surface area contributed by atoms with Crippen LogP contribution < -0.4 is 20.7 Å². The van der Waals surface area contributed by atoms with E-state index in [0.717, 1.165) is 23.9 Å². The monoisotopic (exact) mass is 464 g/mol. The second-order valence-electron chi connectivity index (χ2n) is 8.33. The van der Waals surface area contributed by atoms with Gasteiger partial charge in [-0.25, -0.2) is 14.2 Å². The van der Waals surface area contributed by atoms with E-state index in [1.807, 2.05) is 29.2 Å². The molecule has 2 aliphatic rings. The summed E-state index contributed by atoms with van der Waals surface area (Å²) in [6.45, 7) is 2.86. The minimum atomic E-state index is -0.531. The lowest BCUT2D eigenvalue weighted by molar-refractivity contribution is 0.0390.